The molecule has 4 nitrogen and oxygen atoms in total. The first kappa shape index (κ1) is 13.1. The van der Waals surface area contributed by atoms with E-state index in [1.165, 1.54) is 0 Å². The van der Waals surface area contributed by atoms with Crippen molar-refractivity contribution in [1.29, 1.82) is 0 Å². The first-order valence-electron chi connectivity index (χ1n) is 6.05. The van der Waals surface area contributed by atoms with Crippen molar-refractivity contribution in [2.75, 3.05) is 19.0 Å². The fourth-order valence-corrected chi connectivity index (χ4v) is 1.72. The van der Waals surface area contributed by atoms with Crippen LogP contribution < -0.4 is 4.90 Å². The third kappa shape index (κ3) is 3.31. The number of aromatic nitrogens is 2. The van der Waals surface area contributed by atoms with Crippen molar-refractivity contribution in [2.24, 2.45) is 7.05 Å². The normalized spacial score (nSPS) is 10.9. The van der Waals surface area contributed by atoms with Gasteiger partial charge in [-0.15, -0.1) is 0 Å². The van der Waals surface area contributed by atoms with Crippen molar-refractivity contribution >= 4 is 17.5 Å². The van der Waals surface area contributed by atoms with E-state index >= 15 is 0 Å². The number of hydrogen-bond acceptors (Lipinski definition) is 3. The molecule has 0 saturated heterocycles. The van der Waals surface area contributed by atoms with Gasteiger partial charge in [-0.1, -0.05) is 0 Å². The van der Waals surface area contributed by atoms with E-state index in [4.69, 9.17) is 0 Å². The number of rotatable bonds is 4. The number of nitrogens with zero attached hydrogens (tertiary/aromatic N) is 3. The van der Waals surface area contributed by atoms with Crippen LogP contribution in [-0.2, 0) is 7.05 Å². The van der Waals surface area contributed by atoms with Gasteiger partial charge >= 0.3 is 0 Å². The van der Waals surface area contributed by atoms with Gasteiger partial charge in [0.2, 0.25) is 0 Å². The van der Waals surface area contributed by atoms with Gasteiger partial charge in [0.1, 0.15) is 0 Å². The Morgan fingerprint density at radius 2 is 1.95 bits per heavy atom. The Balaban J connectivity index is 2.09. The molecule has 0 atom stereocenters. The van der Waals surface area contributed by atoms with Crippen LogP contribution in [0.2, 0.25) is 0 Å². The van der Waals surface area contributed by atoms with Gasteiger partial charge in [-0.25, -0.2) is 0 Å². The maximum Gasteiger partial charge on any atom is 0.185 e. The summed E-state index contributed by atoms with van der Waals surface area (Å²) in [7, 11) is 5.79. The molecule has 0 aliphatic rings. The average molecular weight is 255 g/mol. The average Bonchev–Trinajstić information content (AvgIpc) is 2.82. The highest BCUT2D eigenvalue weighted by Crippen LogP contribution is 2.13. The van der Waals surface area contributed by atoms with Crippen LogP contribution in [0.25, 0.3) is 6.08 Å². The molecular formula is C15H17N3O. The van der Waals surface area contributed by atoms with Gasteiger partial charge in [0.05, 0.1) is 6.20 Å². The summed E-state index contributed by atoms with van der Waals surface area (Å²) in [5.74, 6) is -0.00541. The summed E-state index contributed by atoms with van der Waals surface area (Å²) in [6.45, 7) is 0. The van der Waals surface area contributed by atoms with E-state index in [9.17, 15) is 4.79 Å². The highest BCUT2D eigenvalue weighted by Gasteiger charge is 2.02. The Morgan fingerprint density at radius 3 is 2.47 bits per heavy atom. The Bertz CT molecular complexity index is 594. The van der Waals surface area contributed by atoms with E-state index < -0.39 is 0 Å². The van der Waals surface area contributed by atoms with Gasteiger partial charge in [0.25, 0.3) is 0 Å². The Kier molecular flexibility index (Phi) is 3.80. The molecule has 2 rings (SSSR count). The summed E-state index contributed by atoms with van der Waals surface area (Å²) in [5, 5.41) is 4.05. The largest absolute Gasteiger partial charge is 0.378 e. The smallest absolute Gasteiger partial charge is 0.185 e. The molecule has 1 aromatic carbocycles. The van der Waals surface area contributed by atoms with Gasteiger partial charge < -0.3 is 4.90 Å². The second-order valence-electron chi connectivity index (χ2n) is 4.59. The lowest BCUT2D eigenvalue weighted by Crippen LogP contribution is -2.08. The van der Waals surface area contributed by atoms with E-state index in [1.54, 1.807) is 23.0 Å². The SMILES string of the molecule is CN(C)c1ccc(C(=O)C=Cc2cnn(C)c2)cc1. The molecule has 0 bridgehead atoms. The third-order valence-corrected chi connectivity index (χ3v) is 2.82. The van der Waals surface area contributed by atoms with Gasteiger partial charge in [0.15, 0.2) is 5.78 Å². The minimum Gasteiger partial charge on any atom is -0.378 e. The van der Waals surface area contributed by atoms with E-state index in [-0.39, 0.29) is 5.78 Å². The summed E-state index contributed by atoms with van der Waals surface area (Å²) < 4.78 is 1.70. The predicted molar refractivity (Wildman–Crippen MR) is 77.3 cm³/mol. The molecule has 19 heavy (non-hydrogen) atoms. The maximum absolute atomic E-state index is 12.0. The number of anilines is 1. The maximum atomic E-state index is 12.0. The highest BCUT2D eigenvalue weighted by atomic mass is 16.1. The molecule has 0 unspecified atom stereocenters. The number of ketones is 1. The molecule has 2 aromatic rings. The molecule has 0 amide bonds. The van der Waals surface area contributed by atoms with Gasteiger partial charge in [-0.2, -0.15) is 5.10 Å². The first-order chi connectivity index (χ1) is 9.06. The van der Waals surface area contributed by atoms with Crippen molar-refractivity contribution in [1.82, 2.24) is 9.78 Å². The minimum absolute atomic E-state index is 0.00541. The lowest BCUT2D eigenvalue weighted by molar-refractivity contribution is 0.104. The zero-order valence-corrected chi connectivity index (χ0v) is 11.4. The zero-order chi connectivity index (χ0) is 13.8. The third-order valence-electron chi connectivity index (χ3n) is 2.82. The van der Waals surface area contributed by atoms with Crippen molar-refractivity contribution in [3.63, 3.8) is 0 Å². The van der Waals surface area contributed by atoms with Crippen molar-refractivity contribution in [3.8, 4) is 0 Å². The molecule has 1 heterocycles. The molecule has 1 aromatic heterocycles. The van der Waals surface area contributed by atoms with Crippen molar-refractivity contribution < 1.29 is 4.79 Å². The monoisotopic (exact) mass is 255 g/mol. The summed E-state index contributed by atoms with van der Waals surface area (Å²) in [5.41, 5.74) is 2.68. The van der Waals surface area contributed by atoms with Crippen LogP contribution in [0.5, 0.6) is 0 Å². The minimum atomic E-state index is -0.00541. The van der Waals surface area contributed by atoms with E-state index in [0.29, 0.717) is 5.56 Å². The van der Waals surface area contributed by atoms with E-state index in [2.05, 4.69) is 5.10 Å². The number of benzene rings is 1. The number of allylic oxidation sites excluding steroid dienone is 1. The fourth-order valence-electron chi connectivity index (χ4n) is 1.72. The molecule has 0 aliphatic carbocycles. The van der Waals surface area contributed by atoms with Crippen LogP contribution in [0, 0.1) is 0 Å². The molecule has 0 N–H and O–H groups in total. The standard InChI is InChI=1S/C15H17N3O/c1-17(2)14-7-5-13(6-8-14)15(19)9-4-12-10-16-18(3)11-12/h4-11H,1-3H3. The number of carbonyl (C=O) groups is 1. The first-order valence-corrected chi connectivity index (χ1v) is 6.05. The Morgan fingerprint density at radius 1 is 1.26 bits per heavy atom. The Labute approximate surface area is 113 Å². The molecule has 4 heteroatoms. The van der Waals surface area contributed by atoms with Gasteiger partial charge in [-0.3, -0.25) is 9.48 Å². The van der Waals surface area contributed by atoms with Crippen LogP contribution in [0.4, 0.5) is 5.69 Å². The predicted octanol–water partition coefficient (Wildman–Crippen LogP) is 2.38. The van der Waals surface area contributed by atoms with Crippen LogP contribution >= 0.6 is 0 Å². The summed E-state index contributed by atoms with van der Waals surface area (Å²) >= 11 is 0. The summed E-state index contributed by atoms with van der Waals surface area (Å²) in [6.07, 6.45) is 6.93. The quantitative estimate of drug-likeness (QED) is 0.622. The van der Waals surface area contributed by atoms with Crippen molar-refractivity contribution in [3.05, 3.63) is 53.9 Å². The number of carbonyl (C=O) groups excluding carboxylic acids is 1. The van der Waals surface area contributed by atoms with E-state index in [0.717, 1.165) is 11.3 Å². The molecule has 0 saturated carbocycles. The van der Waals surface area contributed by atoms with Gasteiger partial charge in [-0.05, 0) is 36.4 Å². The fraction of sp³-hybridized carbons (Fsp3) is 0.200. The molecule has 0 fully saturated rings. The summed E-state index contributed by atoms with van der Waals surface area (Å²) in [4.78, 5) is 14.0. The molecule has 0 aliphatic heterocycles. The lowest BCUT2D eigenvalue weighted by atomic mass is 10.1. The second kappa shape index (κ2) is 5.52. The number of aryl methyl sites for hydroxylation is 1. The number of hydrogen-bond donors (Lipinski definition) is 0. The van der Waals surface area contributed by atoms with Crippen LogP contribution in [0.15, 0.2) is 42.7 Å². The molecular weight excluding hydrogens is 238 g/mol. The topological polar surface area (TPSA) is 38.1 Å². The van der Waals surface area contributed by atoms with Crippen LogP contribution in [0.3, 0.4) is 0 Å². The Hall–Kier alpha value is -2.36. The highest BCUT2D eigenvalue weighted by molar-refractivity contribution is 6.06. The lowest BCUT2D eigenvalue weighted by Gasteiger charge is -2.11. The molecule has 98 valence electrons. The van der Waals surface area contributed by atoms with Crippen LogP contribution in [-0.4, -0.2) is 29.7 Å². The van der Waals surface area contributed by atoms with E-state index in [1.807, 2.05) is 56.5 Å². The van der Waals surface area contributed by atoms with Crippen molar-refractivity contribution in [2.45, 2.75) is 0 Å². The summed E-state index contributed by atoms with van der Waals surface area (Å²) in [6, 6.07) is 7.55. The zero-order valence-electron chi connectivity index (χ0n) is 11.4. The van der Waals surface area contributed by atoms with Crippen LogP contribution in [0.1, 0.15) is 15.9 Å². The molecule has 0 radical (unpaired) electrons. The van der Waals surface area contributed by atoms with Gasteiger partial charge in [0, 0.05) is 44.2 Å². The second-order valence-corrected chi connectivity index (χ2v) is 4.59. The molecule has 0 spiro atoms.